The van der Waals surface area contributed by atoms with Gasteiger partial charge in [-0.1, -0.05) is 0 Å². The second-order valence-corrected chi connectivity index (χ2v) is 5.59. The minimum absolute atomic E-state index is 0.252. The van der Waals surface area contributed by atoms with Crippen LogP contribution < -0.4 is 15.4 Å². The lowest BCUT2D eigenvalue weighted by molar-refractivity contribution is -0.114. The second kappa shape index (κ2) is 9.72. The molecule has 2 aromatic heterocycles. The average Bonchev–Trinajstić information content (AvgIpc) is 2.62. The van der Waals surface area contributed by atoms with Crippen LogP contribution in [0.2, 0.25) is 0 Å². The van der Waals surface area contributed by atoms with E-state index < -0.39 is 12.8 Å². The molecule has 0 aromatic carbocycles. The summed E-state index contributed by atoms with van der Waals surface area (Å²) in [4.78, 5) is 23.3. The number of hydrogen-bond donors (Lipinski definition) is 2. The lowest BCUT2D eigenvalue weighted by atomic mass is 10.3. The van der Waals surface area contributed by atoms with Crippen molar-refractivity contribution in [2.24, 2.45) is 0 Å². The van der Waals surface area contributed by atoms with Crippen LogP contribution in [0.1, 0.15) is 24.6 Å². The number of alkyl halides is 2. The smallest absolute Gasteiger partial charge is 0.222 e. The van der Waals surface area contributed by atoms with Crippen molar-refractivity contribution in [1.29, 1.82) is 0 Å². The molecular weight excluding hydrogens is 360 g/mol. The van der Waals surface area contributed by atoms with Crippen LogP contribution in [0.25, 0.3) is 0 Å². The minimum Gasteiger partial charge on any atom is -0.487 e. The number of amides is 1. The molecule has 0 saturated heterocycles. The number of aromatic nitrogens is 3. The molecule has 27 heavy (non-hydrogen) atoms. The summed E-state index contributed by atoms with van der Waals surface area (Å²) < 4.78 is 36.8. The molecule has 2 N–H and O–H groups in total. The van der Waals surface area contributed by atoms with Crippen LogP contribution in [0.3, 0.4) is 0 Å². The molecule has 0 aliphatic carbocycles. The van der Waals surface area contributed by atoms with Crippen LogP contribution in [0.15, 0.2) is 18.3 Å². The zero-order chi connectivity index (χ0) is 19.8. The quantitative estimate of drug-likeness (QED) is 0.645. The maximum atomic E-state index is 13.6. The molecule has 0 saturated carbocycles. The Morgan fingerprint density at radius 1 is 1.26 bits per heavy atom. The summed E-state index contributed by atoms with van der Waals surface area (Å²) in [5, 5.41) is 5.54. The Morgan fingerprint density at radius 3 is 2.70 bits per heavy atom. The van der Waals surface area contributed by atoms with Gasteiger partial charge in [-0.2, -0.15) is 0 Å². The van der Waals surface area contributed by atoms with Gasteiger partial charge in [0.25, 0.3) is 0 Å². The Hall–Kier alpha value is -2.88. The fraction of sp³-hybridized carbons (Fsp3) is 0.412. The van der Waals surface area contributed by atoms with Gasteiger partial charge in [-0.25, -0.2) is 23.7 Å². The molecule has 0 spiro atoms. The highest BCUT2D eigenvalue weighted by molar-refractivity contribution is 5.88. The van der Waals surface area contributed by atoms with Gasteiger partial charge in [0.15, 0.2) is 17.7 Å². The first-order valence-electron chi connectivity index (χ1n) is 8.15. The molecule has 146 valence electrons. The number of rotatable bonds is 9. The van der Waals surface area contributed by atoms with Crippen LogP contribution in [0, 0.1) is 6.92 Å². The molecule has 0 aliphatic heterocycles. The van der Waals surface area contributed by atoms with Crippen molar-refractivity contribution < 1.29 is 23.0 Å². The van der Waals surface area contributed by atoms with Crippen molar-refractivity contribution in [2.45, 2.75) is 20.0 Å². The number of anilines is 3. The number of carbonyl (C=O) groups excluding carboxylic acids is 1. The third kappa shape index (κ3) is 6.10. The van der Waals surface area contributed by atoms with Gasteiger partial charge in [-0.15, -0.1) is 0 Å². The minimum atomic E-state index is -1.91. The van der Waals surface area contributed by atoms with Gasteiger partial charge < -0.3 is 20.1 Å². The normalized spacial score (nSPS) is 11.7. The topological polar surface area (TPSA) is 98.3 Å². The summed E-state index contributed by atoms with van der Waals surface area (Å²) in [5.74, 6) is 0.386. The third-order valence-electron chi connectivity index (χ3n) is 3.27. The van der Waals surface area contributed by atoms with E-state index in [4.69, 9.17) is 9.47 Å². The van der Waals surface area contributed by atoms with Crippen molar-refractivity contribution in [3.05, 3.63) is 29.8 Å². The van der Waals surface area contributed by atoms with E-state index in [9.17, 15) is 13.6 Å². The molecule has 2 heterocycles. The van der Waals surface area contributed by atoms with Gasteiger partial charge in [-0.3, -0.25) is 4.79 Å². The standard InChI is InChI=1S/C17H21F2N5O3/c1-10-6-16(24-17(21-10)12(19)8-18)23-13-7-15(22-11(2)25)20-9-14(13)27-5-4-26-3/h6-7,9,12H,4-5,8H2,1-3H3,(H2,20,21,22,23,24,25)/t12-/m1/s1. The number of nitrogens with zero attached hydrogens (tertiary/aromatic N) is 3. The van der Waals surface area contributed by atoms with Gasteiger partial charge >= 0.3 is 0 Å². The van der Waals surface area contributed by atoms with Gasteiger partial charge in [-0.05, 0) is 6.92 Å². The van der Waals surface area contributed by atoms with Crippen LogP contribution in [0.5, 0.6) is 5.75 Å². The highest BCUT2D eigenvalue weighted by Crippen LogP contribution is 2.29. The molecule has 0 bridgehead atoms. The number of halogens is 2. The molecular formula is C17H21F2N5O3. The van der Waals surface area contributed by atoms with Gasteiger partial charge in [0.1, 0.15) is 24.9 Å². The van der Waals surface area contributed by atoms with Crippen molar-refractivity contribution in [3.8, 4) is 5.75 Å². The summed E-state index contributed by atoms with van der Waals surface area (Å²) in [6.07, 6.45) is -0.479. The van der Waals surface area contributed by atoms with E-state index >= 15 is 0 Å². The monoisotopic (exact) mass is 381 g/mol. The second-order valence-electron chi connectivity index (χ2n) is 5.59. The number of pyridine rings is 1. The van der Waals surface area contributed by atoms with E-state index in [1.165, 1.54) is 13.1 Å². The van der Waals surface area contributed by atoms with Crippen molar-refractivity contribution in [2.75, 3.05) is 37.6 Å². The molecule has 0 radical (unpaired) electrons. The molecule has 0 unspecified atom stereocenters. The number of ether oxygens (including phenoxy) is 2. The van der Waals surface area contributed by atoms with Gasteiger partial charge in [0, 0.05) is 31.9 Å². The van der Waals surface area contributed by atoms with Crippen LogP contribution >= 0.6 is 0 Å². The van der Waals surface area contributed by atoms with Crippen molar-refractivity contribution in [1.82, 2.24) is 15.0 Å². The fourth-order valence-electron chi connectivity index (χ4n) is 2.14. The number of carbonyl (C=O) groups is 1. The molecule has 1 amide bonds. The molecule has 0 fully saturated rings. The van der Waals surface area contributed by atoms with Crippen molar-refractivity contribution in [3.63, 3.8) is 0 Å². The van der Waals surface area contributed by atoms with Crippen molar-refractivity contribution >= 4 is 23.2 Å². The Labute approximate surface area is 155 Å². The van der Waals surface area contributed by atoms with E-state index in [1.54, 1.807) is 26.2 Å². The first kappa shape index (κ1) is 20.4. The van der Waals surface area contributed by atoms with E-state index in [1.807, 2.05) is 0 Å². The van der Waals surface area contributed by atoms with E-state index in [0.717, 1.165) is 0 Å². The van der Waals surface area contributed by atoms with Crippen LogP contribution in [0.4, 0.5) is 26.1 Å². The summed E-state index contributed by atoms with van der Waals surface area (Å²) >= 11 is 0. The number of nitrogens with one attached hydrogen (secondary N) is 2. The number of hydrogen-bond acceptors (Lipinski definition) is 7. The summed E-state index contributed by atoms with van der Waals surface area (Å²) in [7, 11) is 1.55. The number of aryl methyl sites for hydroxylation is 1. The summed E-state index contributed by atoms with van der Waals surface area (Å²) in [6.45, 7) is 2.43. The predicted octanol–water partition coefficient (Wildman–Crippen LogP) is 2.89. The molecule has 2 aromatic rings. The maximum absolute atomic E-state index is 13.6. The lowest BCUT2D eigenvalue weighted by Crippen LogP contribution is -2.11. The van der Waals surface area contributed by atoms with Gasteiger partial charge in [0.2, 0.25) is 5.91 Å². The first-order chi connectivity index (χ1) is 12.9. The predicted molar refractivity (Wildman–Crippen MR) is 95.8 cm³/mol. The lowest BCUT2D eigenvalue weighted by Gasteiger charge is -2.15. The zero-order valence-corrected chi connectivity index (χ0v) is 15.3. The van der Waals surface area contributed by atoms with E-state index in [-0.39, 0.29) is 24.2 Å². The Morgan fingerprint density at radius 2 is 2.04 bits per heavy atom. The summed E-state index contributed by atoms with van der Waals surface area (Å²) in [6, 6.07) is 3.12. The molecule has 10 heteroatoms. The van der Waals surface area contributed by atoms with Gasteiger partial charge in [0.05, 0.1) is 18.5 Å². The zero-order valence-electron chi connectivity index (χ0n) is 15.3. The SMILES string of the molecule is COCCOc1cnc(NC(C)=O)cc1Nc1cc(C)nc([C@H](F)CF)n1. The highest BCUT2D eigenvalue weighted by Gasteiger charge is 2.16. The average molecular weight is 381 g/mol. The first-order valence-corrected chi connectivity index (χ1v) is 8.15. The largest absolute Gasteiger partial charge is 0.487 e. The van der Waals surface area contributed by atoms with E-state index in [2.05, 4.69) is 25.6 Å². The number of methoxy groups -OCH3 is 1. The molecule has 1 atom stereocenters. The van der Waals surface area contributed by atoms with Crippen LogP contribution in [-0.4, -0.2) is 47.9 Å². The Kier molecular flexibility index (Phi) is 7.35. The fourth-order valence-corrected chi connectivity index (χ4v) is 2.14. The summed E-state index contributed by atoms with van der Waals surface area (Å²) in [5.41, 5.74) is 0.904. The van der Waals surface area contributed by atoms with E-state index in [0.29, 0.717) is 29.6 Å². The Balaban J connectivity index is 2.33. The van der Waals surface area contributed by atoms with Crippen LogP contribution in [-0.2, 0) is 9.53 Å². The molecule has 0 aliphatic rings. The maximum Gasteiger partial charge on any atom is 0.222 e. The molecule has 8 nitrogen and oxygen atoms in total. The molecule has 2 rings (SSSR count). The highest BCUT2D eigenvalue weighted by atomic mass is 19.2. The third-order valence-corrected chi connectivity index (χ3v) is 3.27. The Bertz CT molecular complexity index is 791.